The maximum absolute atomic E-state index is 10.5. The summed E-state index contributed by atoms with van der Waals surface area (Å²) in [7, 11) is -4.02. The van der Waals surface area contributed by atoms with Crippen molar-refractivity contribution in [3.05, 3.63) is 102 Å². The summed E-state index contributed by atoms with van der Waals surface area (Å²) >= 11 is 0. The Kier molecular flexibility index (Phi) is 14.5. The van der Waals surface area contributed by atoms with Crippen LogP contribution in [0, 0.1) is 18.8 Å². The molecule has 3 heterocycles. The number of ether oxygens (including phenoxy) is 4. The average Bonchev–Trinajstić information content (AvgIpc) is 3.74. The molecule has 3 atom stereocenters. The van der Waals surface area contributed by atoms with E-state index in [-0.39, 0.29) is 16.6 Å². The Labute approximate surface area is 273 Å². The zero-order chi connectivity index (χ0) is 33.6. The number of carbonyl (C=O) groups is 1. The molecule has 3 aliphatic heterocycles. The first-order valence-corrected chi connectivity index (χ1v) is 16.9. The lowest BCUT2D eigenvalue weighted by Crippen LogP contribution is -2.51. The minimum Gasteiger partial charge on any atom is -0.347 e. The van der Waals surface area contributed by atoms with Gasteiger partial charge in [-0.25, -0.2) is 0 Å². The molecule has 0 bridgehead atoms. The van der Waals surface area contributed by atoms with Gasteiger partial charge in [0.05, 0.1) is 31.3 Å². The molecule has 0 aromatic heterocycles. The number of aryl methyl sites for hydroxylation is 1. The maximum Gasteiger partial charge on any atom is 0.294 e. The van der Waals surface area contributed by atoms with Crippen LogP contribution in [0.25, 0.3) is 0 Å². The quantitative estimate of drug-likeness (QED) is 0.248. The summed E-state index contributed by atoms with van der Waals surface area (Å²) in [6.45, 7) is 12.4. The van der Waals surface area contributed by atoms with Gasteiger partial charge in [-0.1, -0.05) is 92.2 Å². The van der Waals surface area contributed by atoms with Crippen molar-refractivity contribution in [3.63, 3.8) is 0 Å². The molecule has 11 heteroatoms. The highest BCUT2D eigenvalue weighted by Crippen LogP contribution is 2.40. The molecule has 252 valence electrons. The summed E-state index contributed by atoms with van der Waals surface area (Å²) in [5, 5.41) is 3.58. The Morgan fingerprint density at radius 3 is 1.91 bits per heavy atom. The number of hydrogen-bond donors (Lipinski definition) is 3. The van der Waals surface area contributed by atoms with Crippen molar-refractivity contribution in [1.82, 2.24) is 5.32 Å². The fourth-order valence-electron chi connectivity index (χ4n) is 5.10. The van der Waals surface area contributed by atoms with Gasteiger partial charge in [0.15, 0.2) is 11.6 Å². The lowest BCUT2D eigenvalue weighted by Gasteiger charge is -2.42. The van der Waals surface area contributed by atoms with E-state index >= 15 is 0 Å². The summed E-state index contributed by atoms with van der Waals surface area (Å²) in [5.74, 6) is -0.0968. The monoisotopic (exact) mass is 656 g/mol. The van der Waals surface area contributed by atoms with Crippen LogP contribution in [-0.4, -0.2) is 70.3 Å². The van der Waals surface area contributed by atoms with Gasteiger partial charge in [-0.2, -0.15) is 8.42 Å². The zero-order valence-corrected chi connectivity index (χ0v) is 27.9. The van der Waals surface area contributed by atoms with Crippen molar-refractivity contribution in [1.29, 1.82) is 0 Å². The molecule has 10 nitrogen and oxygen atoms in total. The number of nitrogens with one attached hydrogen (secondary N) is 1. The maximum atomic E-state index is 10.5. The molecule has 3 aromatic carbocycles. The fourth-order valence-corrected chi connectivity index (χ4v) is 5.58. The third kappa shape index (κ3) is 11.1. The van der Waals surface area contributed by atoms with Crippen LogP contribution in [-0.2, 0) is 29.1 Å². The smallest absolute Gasteiger partial charge is 0.294 e. The second-order valence-electron chi connectivity index (χ2n) is 11.7. The molecule has 3 aromatic rings. The van der Waals surface area contributed by atoms with Crippen molar-refractivity contribution < 1.29 is 36.7 Å². The topological polar surface area (TPSA) is 146 Å². The highest BCUT2D eigenvalue weighted by Gasteiger charge is 2.46. The number of rotatable bonds is 5. The van der Waals surface area contributed by atoms with Gasteiger partial charge in [0.2, 0.25) is 0 Å². The molecule has 3 saturated heterocycles. The molecule has 0 radical (unpaired) electrons. The number of benzene rings is 3. The Morgan fingerprint density at radius 2 is 1.43 bits per heavy atom. The van der Waals surface area contributed by atoms with Crippen LogP contribution in [0.2, 0.25) is 0 Å². The standard InChI is InChI=1S/C14H19NO2.C7H15NO2.C7H8O3S.C7H6O/c1-11-10-15-13(12-5-3-2-4-6-12)9-14(11)16-7-8-17-14;1-6(5-8)7(2)9-3-4-10-7;1-6-2-4-7(5-3-6)11(8,9)10;8-6-7-4-2-1-3-5-7/h2-6,11,13,15H,7-10H2,1H3;6H,3-5,8H2,1-2H3;2-5H,1H3,(H,8,9,10);1-6H/t11-,13-;;;/m1.../s1. The van der Waals surface area contributed by atoms with Crippen LogP contribution >= 0.6 is 0 Å². The molecular weight excluding hydrogens is 608 g/mol. The molecule has 3 aliphatic rings. The van der Waals surface area contributed by atoms with Crippen molar-refractivity contribution in [2.75, 3.05) is 39.5 Å². The number of hydrogen-bond acceptors (Lipinski definition) is 9. The van der Waals surface area contributed by atoms with E-state index in [1.165, 1.54) is 17.7 Å². The Morgan fingerprint density at radius 1 is 0.913 bits per heavy atom. The summed E-state index contributed by atoms with van der Waals surface area (Å²) in [6, 6.07) is 26.0. The summed E-state index contributed by atoms with van der Waals surface area (Å²) in [4.78, 5) is 9.94. The Balaban J connectivity index is 0.000000175. The van der Waals surface area contributed by atoms with E-state index in [0.717, 1.165) is 43.6 Å². The third-order valence-electron chi connectivity index (χ3n) is 8.25. The Bertz CT molecular complexity index is 1410. The summed E-state index contributed by atoms with van der Waals surface area (Å²) in [6.07, 6.45) is 1.73. The second-order valence-corrected chi connectivity index (χ2v) is 13.1. The number of piperidine rings is 1. The Hall–Kier alpha value is -3.00. The van der Waals surface area contributed by atoms with E-state index < -0.39 is 15.9 Å². The van der Waals surface area contributed by atoms with Gasteiger partial charge in [0.1, 0.15) is 6.29 Å². The molecular formula is C35H48N2O8S. The fraction of sp³-hybridized carbons (Fsp3) is 0.457. The van der Waals surface area contributed by atoms with Gasteiger partial charge in [0, 0.05) is 36.4 Å². The number of aldehydes is 1. The first kappa shape index (κ1) is 37.5. The molecule has 4 N–H and O–H groups in total. The first-order valence-electron chi connectivity index (χ1n) is 15.5. The van der Waals surface area contributed by atoms with Gasteiger partial charge >= 0.3 is 0 Å². The van der Waals surface area contributed by atoms with Crippen LogP contribution < -0.4 is 11.1 Å². The van der Waals surface area contributed by atoms with Gasteiger partial charge in [-0.15, -0.1) is 0 Å². The minimum atomic E-state index is -4.02. The molecule has 6 rings (SSSR count). The van der Waals surface area contributed by atoms with Crippen LogP contribution in [0.4, 0.5) is 0 Å². The van der Waals surface area contributed by atoms with E-state index in [4.69, 9.17) is 29.2 Å². The lowest BCUT2D eigenvalue weighted by molar-refractivity contribution is -0.210. The highest BCUT2D eigenvalue weighted by molar-refractivity contribution is 7.85. The normalized spacial score (nSPS) is 21.8. The summed E-state index contributed by atoms with van der Waals surface area (Å²) in [5.41, 5.74) is 8.48. The van der Waals surface area contributed by atoms with Crippen LogP contribution in [0.3, 0.4) is 0 Å². The molecule has 0 saturated carbocycles. The van der Waals surface area contributed by atoms with Gasteiger partial charge < -0.3 is 30.0 Å². The largest absolute Gasteiger partial charge is 0.347 e. The van der Waals surface area contributed by atoms with Crippen LogP contribution in [0.5, 0.6) is 0 Å². The SMILES string of the molecule is CC(CN)C1(C)OCCO1.C[C@@H]1CN[C@@H](c2ccccc2)CC12OCCO2.Cc1ccc(S(=O)(=O)O)cc1.O=Cc1ccccc1. The number of carbonyl (C=O) groups excluding carboxylic acids is 1. The second kappa shape index (κ2) is 17.8. The van der Waals surface area contributed by atoms with Crippen molar-refractivity contribution in [3.8, 4) is 0 Å². The van der Waals surface area contributed by atoms with E-state index in [0.29, 0.717) is 31.7 Å². The highest BCUT2D eigenvalue weighted by atomic mass is 32.2. The van der Waals surface area contributed by atoms with Gasteiger partial charge in [-0.05, 0) is 38.1 Å². The molecule has 0 aliphatic carbocycles. The van der Waals surface area contributed by atoms with Crippen LogP contribution in [0.15, 0.2) is 89.8 Å². The summed E-state index contributed by atoms with van der Waals surface area (Å²) < 4.78 is 52.1. The van der Waals surface area contributed by atoms with Crippen LogP contribution in [0.1, 0.15) is 54.7 Å². The zero-order valence-electron chi connectivity index (χ0n) is 27.1. The lowest BCUT2D eigenvalue weighted by atomic mass is 9.86. The van der Waals surface area contributed by atoms with Crippen molar-refractivity contribution >= 4 is 16.4 Å². The van der Waals surface area contributed by atoms with E-state index in [9.17, 15) is 13.2 Å². The van der Waals surface area contributed by atoms with Crippen molar-refractivity contribution in [2.24, 2.45) is 17.6 Å². The van der Waals surface area contributed by atoms with E-state index in [1.54, 1.807) is 24.3 Å². The van der Waals surface area contributed by atoms with Crippen molar-refractivity contribution in [2.45, 2.75) is 56.6 Å². The predicted octanol–water partition coefficient (Wildman–Crippen LogP) is 5.19. The molecule has 0 amide bonds. The number of nitrogens with two attached hydrogens (primary N) is 1. The van der Waals surface area contributed by atoms with Gasteiger partial charge in [0.25, 0.3) is 10.1 Å². The minimum absolute atomic E-state index is 0.0666. The molecule has 3 fully saturated rings. The molecule has 1 spiro atoms. The third-order valence-corrected chi connectivity index (χ3v) is 9.12. The first-order chi connectivity index (χ1) is 21.9. The molecule has 46 heavy (non-hydrogen) atoms. The molecule has 1 unspecified atom stereocenters. The van der Waals surface area contributed by atoms with E-state index in [1.807, 2.05) is 45.0 Å². The average molecular weight is 657 g/mol. The predicted molar refractivity (Wildman–Crippen MR) is 177 cm³/mol. The van der Waals surface area contributed by atoms with Gasteiger partial charge in [-0.3, -0.25) is 9.35 Å². The van der Waals surface area contributed by atoms with E-state index in [2.05, 4.69) is 36.5 Å².